The second-order valence-corrected chi connectivity index (χ2v) is 5.66. The van der Waals surface area contributed by atoms with Gasteiger partial charge in [0.2, 0.25) is 0 Å². The van der Waals surface area contributed by atoms with E-state index >= 15 is 0 Å². The van der Waals surface area contributed by atoms with Crippen LogP contribution in [0.15, 0.2) is 48.1 Å². The van der Waals surface area contributed by atoms with E-state index in [1.807, 2.05) is 30.3 Å². The summed E-state index contributed by atoms with van der Waals surface area (Å²) in [6.45, 7) is 5.26. The second kappa shape index (κ2) is 8.86. The van der Waals surface area contributed by atoms with Crippen molar-refractivity contribution in [2.75, 3.05) is 13.1 Å². The molecule has 0 saturated carbocycles. The number of azide groups is 1. The first kappa shape index (κ1) is 16.9. The van der Waals surface area contributed by atoms with Gasteiger partial charge in [0.15, 0.2) is 0 Å². The summed E-state index contributed by atoms with van der Waals surface area (Å²) < 4.78 is 5.35. The summed E-state index contributed by atoms with van der Waals surface area (Å²) in [6.07, 6.45) is 3.81. The van der Waals surface area contributed by atoms with Gasteiger partial charge in [0, 0.05) is 24.0 Å². The highest BCUT2D eigenvalue weighted by Gasteiger charge is 2.28. The molecule has 0 spiro atoms. The fourth-order valence-corrected chi connectivity index (χ4v) is 2.85. The lowest BCUT2D eigenvalue weighted by Gasteiger charge is -2.33. The second-order valence-electron chi connectivity index (χ2n) is 5.66. The number of rotatable bonds is 6. The van der Waals surface area contributed by atoms with Crippen molar-refractivity contribution in [2.24, 2.45) is 11.0 Å². The highest BCUT2D eigenvalue weighted by Crippen LogP contribution is 2.25. The lowest BCUT2D eigenvalue weighted by Crippen LogP contribution is -2.41. The van der Waals surface area contributed by atoms with Crippen LogP contribution < -0.4 is 0 Å². The smallest absolute Gasteiger partial charge is 0.410 e. The molecule has 2 rings (SSSR count). The summed E-state index contributed by atoms with van der Waals surface area (Å²) in [5, 5.41) is 3.86. The van der Waals surface area contributed by atoms with E-state index in [0.29, 0.717) is 25.4 Å². The van der Waals surface area contributed by atoms with E-state index < -0.39 is 0 Å². The van der Waals surface area contributed by atoms with E-state index in [0.717, 1.165) is 18.4 Å². The van der Waals surface area contributed by atoms with Crippen molar-refractivity contribution in [1.29, 1.82) is 0 Å². The van der Waals surface area contributed by atoms with Crippen molar-refractivity contribution in [3.63, 3.8) is 0 Å². The molecule has 0 radical (unpaired) electrons. The number of benzene rings is 1. The summed E-state index contributed by atoms with van der Waals surface area (Å²) >= 11 is 0. The highest BCUT2D eigenvalue weighted by atomic mass is 16.6. The predicted molar refractivity (Wildman–Crippen MR) is 88.7 cm³/mol. The van der Waals surface area contributed by atoms with Crippen LogP contribution in [0.2, 0.25) is 0 Å². The Morgan fingerprint density at radius 2 is 2.13 bits per heavy atom. The summed E-state index contributed by atoms with van der Waals surface area (Å²) in [5.41, 5.74) is 9.63. The minimum absolute atomic E-state index is 0.0695. The Bertz CT molecular complexity index is 561. The van der Waals surface area contributed by atoms with Crippen molar-refractivity contribution < 1.29 is 9.53 Å². The number of piperidine rings is 1. The molecule has 1 aromatic rings. The Kier molecular flexibility index (Phi) is 6.51. The Labute approximate surface area is 136 Å². The van der Waals surface area contributed by atoms with Gasteiger partial charge >= 0.3 is 6.09 Å². The predicted octanol–water partition coefficient (Wildman–Crippen LogP) is 4.29. The molecule has 1 aromatic carbocycles. The van der Waals surface area contributed by atoms with Gasteiger partial charge in [-0.05, 0) is 36.3 Å². The SMILES string of the molecule is C=CCC(N=[N+]=[N-])C1CCN(C(=O)OCc2ccccc2)CC1. The first-order valence-electron chi connectivity index (χ1n) is 7.85. The lowest BCUT2D eigenvalue weighted by atomic mass is 9.88. The van der Waals surface area contributed by atoms with E-state index in [9.17, 15) is 4.79 Å². The average Bonchev–Trinajstić information content (AvgIpc) is 2.60. The van der Waals surface area contributed by atoms with E-state index in [-0.39, 0.29) is 18.7 Å². The molecule has 1 aliphatic rings. The van der Waals surface area contributed by atoms with Crippen molar-refractivity contribution in [3.8, 4) is 0 Å². The van der Waals surface area contributed by atoms with Crippen LogP contribution in [0.3, 0.4) is 0 Å². The number of hydrogen-bond acceptors (Lipinski definition) is 3. The highest BCUT2D eigenvalue weighted by molar-refractivity contribution is 5.67. The van der Waals surface area contributed by atoms with Crippen LogP contribution in [0.4, 0.5) is 4.79 Å². The lowest BCUT2D eigenvalue weighted by molar-refractivity contribution is 0.0799. The molecule has 0 aromatic heterocycles. The van der Waals surface area contributed by atoms with E-state index in [4.69, 9.17) is 10.3 Å². The van der Waals surface area contributed by atoms with Crippen molar-refractivity contribution >= 4 is 6.09 Å². The largest absolute Gasteiger partial charge is 0.445 e. The molecule has 1 heterocycles. The fraction of sp³-hybridized carbons (Fsp3) is 0.471. The third kappa shape index (κ3) is 5.04. The summed E-state index contributed by atoms with van der Waals surface area (Å²) in [5.74, 6) is 0.294. The normalized spacial score (nSPS) is 16.3. The van der Waals surface area contributed by atoms with Gasteiger partial charge in [-0.1, -0.05) is 41.5 Å². The van der Waals surface area contributed by atoms with Crippen LogP contribution in [0.1, 0.15) is 24.8 Å². The van der Waals surface area contributed by atoms with Crippen LogP contribution >= 0.6 is 0 Å². The van der Waals surface area contributed by atoms with E-state index in [1.54, 1.807) is 11.0 Å². The van der Waals surface area contributed by atoms with Gasteiger partial charge in [-0.2, -0.15) is 0 Å². The molecular formula is C17H22N4O2. The Morgan fingerprint density at radius 3 is 2.74 bits per heavy atom. The minimum Gasteiger partial charge on any atom is -0.445 e. The Balaban J connectivity index is 1.80. The molecule has 0 bridgehead atoms. The van der Waals surface area contributed by atoms with Crippen molar-refractivity contribution in [1.82, 2.24) is 4.90 Å². The molecule has 1 aliphatic heterocycles. The van der Waals surface area contributed by atoms with Crippen LogP contribution in [-0.4, -0.2) is 30.1 Å². The molecule has 1 atom stereocenters. The van der Waals surface area contributed by atoms with Gasteiger partial charge in [0.1, 0.15) is 6.61 Å². The molecule has 23 heavy (non-hydrogen) atoms. The zero-order valence-corrected chi connectivity index (χ0v) is 13.2. The Morgan fingerprint density at radius 1 is 1.43 bits per heavy atom. The van der Waals surface area contributed by atoms with Crippen molar-refractivity contribution in [2.45, 2.75) is 31.9 Å². The maximum absolute atomic E-state index is 12.1. The maximum atomic E-state index is 12.1. The summed E-state index contributed by atoms with van der Waals surface area (Å²) in [6, 6.07) is 9.56. The molecule has 0 aliphatic carbocycles. The van der Waals surface area contributed by atoms with Crippen LogP contribution in [0.25, 0.3) is 10.4 Å². The first-order valence-corrected chi connectivity index (χ1v) is 7.85. The number of nitrogens with zero attached hydrogens (tertiary/aromatic N) is 4. The number of likely N-dealkylation sites (tertiary alicyclic amines) is 1. The van der Waals surface area contributed by atoms with Gasteiger partial charge in [0.05, 0.1) is 0 Å². The monoisotopic (exact) mass is 314 g/mol. The maximum Gasteiger partial charge on any atom is 0.410 e. The molecule has 1 unspecified atom stereocenters. The molecular weight excluding hydrogens is 292 g/mol. The van der Waals surface area contributed by atoms with Gasteiger partial charge in [-0.15, -0.1) is 6.58 Å². The number of carbonyl (C=O) groups is 1. The molecule has 6 heteroatoms. The third-order valence-corrected chi connectivity index (χ3v) is 4.16. The van der Waals surface area contributed by atoms with Gasteiger partial charge in [-0.3, -0.25) is 0 Å². The molecule has 122 valence electrons. The van der Waals surface area contributed by atoms with Crippen LogP contribution in [0, 0.1) is 5.92 Å². The van der Waals surface area contributed by atoms with Gasteiger partial charge < -0.3 is 9.64 Å². The first-order chi connectivity index (χ1) is 11.2. The van der Waals surface area contributed by atoms with Gasteiger partial charge in [0.25, 0.3) is 0 Å². The van der Waals surface area contributed by atoms with E-state index in [1.165, 1.54) is 0 Å². The van der Waals surface area contributed by atoms with Crippen LogP contribution in [0.5, 0.6) is 0 Å². The number of hydrogen-bond donors (Lipinski definition) is 0. The standard InChI is InChI=1S/C17H22N4O2/c1-2-6-16(19-20-18)15-9-11-21(12-10-15)17(22)23-13-14-7-4-3-5-8-14/h2-5,7-8,15-16H,1,6,9-13H2. The van der Waals surface area contributed by atoms with Crippen molar-refractivity contribution in [3.05, 3.63) is 59.0 Å². The van der Waals surface area contributed by atoms with Crippen LogP contribution in [-0.2, 0) is 11.3 Å². The molecule has 1 saturated heterocycles. The molecule has 1 amide bonds. The average molecular weight is 314 g/mol. The molecule has 6 nitrogen and oxygen atoms in total. The van der Waals surface area contributed by atoms with Gasteiger partial charge in [-0.25, -0.2) is 4.79 Å². The molecule has 1 fully saturated rings. The zero-order chi connectivity index (χ0) is 16.5. The number of amides is 1. The third-order valence-electron chi connectivity index (χ3n) is 4.16. The summed E-state index contributed by atoms with van der Waals surface area (Å²) in [4.78, 5) is 16.7. The summed E-state index contributed by atoms with van der Waals surface area (Å²) in [7, 11) is 0. The number of ether oxygens (including phenoxy) is 1. The quantitative estimate of drug-likeness (QED) is 0.340. The number of carbonyl (C=O) groups excluding carboxylic acids is 1. The topological polar surface area (TPSA) is 78.3 Å². The Hall–Kier alpha value is -2.46. The molecule has 0 N–H and O–H groups in total. The van der Waals surface area contributed by atoms with E-state index in [2.05, 4.69) is 16.6 Å². The fourth-order valence-electron chi connectivity index (χ4n) is 2.85. The zero-order valence-electron chi connectivity index (χ0n) is 13.2. The minimum atomic E-state index is -0.281.